The van der Waals surface area contributed by atoms with Gasteiger partial charge in [0, 0.05) is 0 Å². The first-order valence-corrected chi connectivity index (χ1v) is 22.3. The Morgan fingerprint density at radius 3 is 0.973 bits per heavy atom. The summed E-state index contributed by atoms with van der Waals surface area (Å²) in [6.07, 6.45) is 21.8. The van der Waals surface area contributed by atoms with Crippen LogP contribution in [0.3, 0.4) is 0 Å². The van der Waals surface area contributed by atoms with Crippen LogP contribution in [-0.2, 0) is 37.0 Å². The van der Waals surface area contributed by atoms with E-state index in [1.807, 2.05) is 0 Å². The molecular weight excluding hydrogens is 625 g/mol. The molecule has 1 aliphatic heterocycles. The van der Waals surface area contributed by atoms with E-state index in [2.05, 4.69) is 13.5 Å². The van der Waals surface area contributed by atoms with Gasteiger partial charge in [-0.1, -0.05) is 110 Å². The molecule has 0 unspecified atom stereocenters. The molecule has 0 N–H and O–H groups in total. The van der Waals surface area contributed by atoms with Crippen molar-refractivity contribution in [2.75, 3.05) is 0 Å². The molecule has 1 heterocycles. The van der Waals surface area contributed by atoms with Crippen molar-refractivity contribution in [3.8, 4) is 0 Å². The Hall–Kier alpha value is 1.59. The van der Waals surface area contributed by atoms with Gasteiger partial charge in [0.2, 0.25) is 0 Å². The number of hydrogen-bond acceptors (Lipinski definition) is 9. The van der Waals surface area contributed by atoms with Gasteiger partial charge in [-0.25, -0.2) is 0 Å². The fourth-order valence-electron chi connectivity index (χ4n) is 3.58. The van der Waals surface area contributed by atoms with Crippen LogP contribution in [0.2, 0.25) is 12.6 Å². The highest BCUT2D eigenvalue weighted by Crippen LogP contribution is 2.19. The van der Waals surface area contributed by atoms with Crippen molar-refractivity contribution >= 4 is 88.6 Å². The first-order chi connectivity index (χ1) is 18.3. The van der Waals surface area contributed by atoms with Crippen molar-refractivity contribution in [3.63, 3.8) is 0 Å². The quantitative estimate of drug-likeness (QED) is 0.171. The lowest BCUT2D eigenvalue weighted by Gasteiger charge is -2.26. The summed E-state index contributed by atoms with van der Waals surface area (Å²) in [4.78, 5) is 0. The monoisotopic (exact) mass is 664 g/mol. The summed E-state index contributed by atoms with van der Waals surface area (Å²) in [5.74, 6) is 0. The van der Waals surface area contributed by atoms with Gasteiger partial charge in [0.15, 0.2) is 0 Å². The second kappa shape index (κ2) is 29.1. The zero-order chi connectivity index (χ0) is 26.5. The Morgan fingerprint density at radius 2 is 0.649 bits per heavy atom. The maximum absolute atomic E-state index is 6.06. The van der Waals surface area contributed by atoms with Crippen molar-refractivity contribution in [1.29, 1.82) is 0 Å². The van der Waals surface area contributed by atoms with Crippen LogP contribution in [0.1, 0.15) is 110 Å². The number of unbranched alkanes of at least 4 members (excludes halogenated alkanes) is 15. The summed E-state index contributed by atoms with van der Waals surface area (Å²) in [6.45, 7) is 4.36. The van der Waals surface area contributed by atoms with Gasteiger partial charge < -0.3 is 37.0 Å². The van der Waals surface area contributed by atoms with Gasteiger partial charge in [0.05, 0.1) is 0 Å². The van der Waals surface area contributed by atoms with Gasteiger partial charge >= 0.3 is 88.6 Å². The normalized spacial score (nSPS) is 19.3. The minimum absolute atomic E-state index is 0.123. The van der Waals surface area contributed by atoms with E-state index >= 15 is 0 Å². The minimum Gasteiger partial charge on any atom is -0.414 e. The molecule has 0 saturated carbocycles. The Bertz CT molecular complexity index is 461. The second-order valence-electron chi connectivity index (χ2n) is 8.77. The average molecular weight is 665 g/mol. The van der Waals surface area contributed by atoms with Crippen molar-refractivity contribution < 1.29 is 37.0 Å². The molecule has 1 aliphatic rings. The van der Waals surface area contributed by atoms with E-state index in [-0.39, 0.29) is 80.1 Å². The topological polar surface area (TPSA) is 83.1 Å². The molecule has 1 rings (SSSR count). The Morgan fingerprint density at radius 1 is 0.378 bits per heavy atom. The van der Waals surface area contributed by atoms with E-state index in [1.54, 1.807) is 0 Å². The predicted octanol–water partition coefficient (Wildman–Crippen LogP) is 3.76. The van der Waals surface area contributed by atoms with Crippen LogP contribution < -0.4 is 0 Å². The Labute approximate surface area is 247 Å². The molecule has 37 heavy (non-hydrogen) atoms. The zero-order valence-electron chi connectivity index (χ0n) is 22.2. The van der Waals surface area contributed by atoms with Crippen LogP contribution in [0.25, 0.3) is 0 Å². The molecule has 18 heteroatoms. The zero-order valence-corrected chi connectivity index (χ0v) is 31.2. The lowest BCUT2D eigenvalue weighted by molar-refractivity contribution is 0.323. The largest absolute Gasteiger partial charge is 0.414 e. The average Bonchev–Trinajstić information content (AvgIpc) is 2.90. The molecule has 0 bridgehead atoms. The van der Waals surface area contributed by atoms with Crippen molar-refractivity contribution in [1.82, 2.24) is 0 Å². The highest BCUT2D eigenvalue weighted by molar-refractivity contribution is 6.74. The summed E-state index contributed by atoms with van der Waals surface area (Å²) in [5, 5.41) is 0. The van der Waals surface area contributed by atoms with Crippen LogP contribution in [0.4, 0.5) is 0 Å². The molecule has 0 spiro atoms. The van der Waals surface area contributed by atoms with E-state index in [1.165, 1.54) is 96.3 Å². The fraction of sp³-hybridized carbons (Fsp3) is 1.00. The maximum atomic E-state index is 6.06. The first-order valence-electron chi connectivity index (χ1n) is 13.2. The molecule has 0 aromatic rings. The number of rotatable bonds is 17. The molecule has 16 radical (unpaired) electrons. The predicted molar refractivity (Wildman–Crippen MR) is 152 cm³/mol. The van der Waals surface area contributed by atoms with E-state index in [0.717, 1.165) is 12.5 Å². The Kier molecular flexibility index (Phi) is 28.8. The van der Waals surface area contributed by atoms with Crippen LogP contribution in [-0.4, -0.2) is 88.6 Å². The van der Waals surface area contributed by atoms with Crippen LogP contribution in [0.15, 0.2) is 0 Å². The highest BCUT2D eigenvalue weighted by Gasteiger charge is 2.32. The van der Waals surface area contributed by atoms with Gasteiger partial charge in [-0.05, 0) is 12.6 Å². The van der Waals surface area contributed by atoms with Gasteiger partial charge in [-0.15, -0.1) is 0 Å². The third-order valence-corrected chi connectivity index (χ3v) is 15.6. The van der Waals surface area contributed by atoms with E-state index in [9.17, 15) is 0 Å². The molecule has 1 saturated heterocycles. The molecule has 0 amide bonds. The van der Waals surface area contributed by atoms with E-state index in [0.29, 0.717) is 0 Å². The van der Waals surface area contributed by atoms with E-state index in [4.69, 9.17) is 37.0 Å². The molecule has 0 aromatic carbocycles. The molecule has 9 nitrogen and oxygen atoms in total. The highest BCUT2D eigenvalue weighted by atomic mass is 28.5. The minimum atomic E-state index is -2.39. The summed E-state index contributed by atoms with van der Waals surface area (Å²) >= 11 is 0. The van der Waals surface area contributed by atoms with Crippen molar-refractivity contribution in [2.24, 2.45) is 0 Å². The second-order valence-corrected chi connectivity index (χ2v) is 20.2. The first kappa shape index (κ1) is 36.6. The maximum Gasteiger partial charge on any atom is 0.412 e. The smallest absolute Gasteiger partial charge is 0.412 e. The third-order valence-electron chi connectivity index (χ3n) is 5.58. The van der Waals surface area contributed by atoms with E-state index < -0.39 is 8.56 Å². The molecule has 0 atom stereocenters. The molecule has 206 valence electrons. The van der Waals surface area contributed by atoms with Crippen LogP contribution >= 0.6 is 0 Å². The summed E-state index contributed by atoms with van der Waals surface area (Å²) in [5.41, 5.74) is 0. The van der Waals surface area contributed by atoms with Gasteiger partial charge in [0.25, 0.3) is 0 Å². The van der Waals surface area contributed by atoms with Crippen LogP contribution in [0.5, 0.6) is 0 Å². The molecule has 0 aromatic heterocycles. The van der Waals surface area contributed by atoms with Gasteiger partial charge in [-0.2, -0.15) is 0 Å². The standard InChI is InChI=1S/C19H40O9Si9/c1-3-4-5-6-7-8-9-10-11-12-13-14-15-16-17-18-19-37(2)27-35-25-33-23-31-21-29-20-30-22-32-24-34-26-36-28-37/h3-19H2,1-2H3. The van der Waals surface area contributed by atoms with Crippen LogP contribution in [0, 0.1) is 0 Å². The number of hydrogen-bond donors (Lipinski definition) is 0. The van der Waals surface area contributed by atoms with Gasteiger partial charge in [0.1, 0.15) is 0 Å². The lowest BCUT2D eigenvalue weighted by atomic mass is 10.0. The molecule has 1 fully saturated rings. The Balaban J connectivity index is 2.06. The summed E-state index contributed by atoms with van der Waals surface area (Å²) < 4.78 is 49.3. The molecular formula is C19H40O9Si9. The molecule has 0 aliphatic carbocycles. The van der Waals surface area contributed by atoms with Gasteiger partial charge in [-0.3, -0.25) is 0 Å². The van der Waals surface area contributed by atoms with Crippen molar-refractivity contribution in [2.45, 2.75) is 122 Å². The fourth-order valence-corrected chi connectivity index (χ4v) is 12.5. The lowest BCUT2D eigenvalue weighted by Crippen LogP contribution is -2.42. The third kappa shape index (κ3) is 26.3. The van der Waals surface area contributed by atoms with Crippen molar-refractivity contribution in [3.05, 3.63) is 0 Å². The summed E-state index contributed by atoms with van der Waals surface area (Å²) in [7, 11) is -3.48. The SMILES string of the molecule is CCCCCCCCCCCCCCCCCC[Si]1(C)O[Si]O[Si]O[Si]O[Si]O[Si]O[Si]O[Si]O[Si]O1. The summed E-state index contributed by atoms with van der Waals surface area (Å²) in [6, 6.07) is 0.918.